The maximum absolute atomic E-state index is 13.6. The number of halogens is 1. The highest BCUT2D eigenvalue weighted by atomic mass is 19.1. The fourth-order valence-electron chi connectivity index (χ4n) is 1.95. The van der Waals surface area contributed by atoms with Crippen molar-refractivity contribution in [3.63, 3.8) is 0 Å². The Bertz CT molecular complexity index is 582. The standard InChI is InChI=1S/C17H20FNO2/c1-12(2)21-15-7-5-14(6-8-15)19-11-13-4-9-17(20-3)16(18)10-13/h4-10,12,19H,11H2,1-3H3. The molecule has 2 rings (SSSR count). The molecule has 0 saturated carbocycles. The zero-order chi connectivity index (χ0) is 15.2. The molecule has 0 heterocycles. The Kier molecular flexibility index (Phi) is 5.04. The third-order valence-corrected chi connectivity index (χ3v) is 2.94. The summed E-state index contributed by atoms with van der Waals surface area (Å²) in [4.78, 5) is 0. The van der Waals surface area contributed by atoms with E-state index in [4.69, 9.17) is 9.47 Å². The van der Waals surface area contributed by atoms with Gasteiger partial charge in [-0.1, -0.05) is 6.07 Å². The molecule has 0 saturated heterocycles. The van der Waals surface area contributed by atoms with Gasteiger partial charge in [0.15, 0.2) is 11.6 Å². The van der Waals surface area contributed by atoms with Crippen LogP contribution >= 0.6 is 0 Å². The molecule has 0 aromatic heterocycles. The monoisotopic (exact) mass is 289 g/mol. The Morgan fingerprint density at radius 2 is 1.81 bits per heavy atom. The first kappa shape index (κ1) is 15.2. The normalized spacial score (nSPS) is 10.5. The van der Waals surface area contributed by atoms with Crippen molar-refractivity contribution in [2.45, 2.75) is 26.5 Å². The lowest BCUT2D eigenvalue weighted by Gasteiger charge is -2.11. The van der Waals surface area contributed by atoms with E-state index in [1.165, 1.54) is 13.2 Å². The van der Waals surface area contributed by atoms with Gasteiger partial charge in [-0.15, -0.1) is 0 Å². The molecule has 0 radical (unpaired) electrons. The summed E-state index contributed by atoms with van der Waals surface area (Å²) in [6, 6.07) is 12.7. The van der Waals surface area contributed by atoms with E-state index in [0.29, 0.717) is 6.54 Å². The minimum absolute atomic E-state index is 0.158. The van der Waals surface area contributed by atoms with Crippen molar-refractivity contribution in [1.29, 1.82) is 0 Å². The van der Waals surface area contributed by atoms with Gasteiger partial charge in [-0.3, -0.25) is 0 Å². The van der Waals surface area contributed by atoms with Crippen molar-refractivity contribution >= 4 is 5.69 Å². The van der Waals surface area contributed by atoms with Crippen LogP contribution in [-0.4, -0.2) is 13.2 Å². The number of rotatable bonds is 6. The topological polar surface area (TPSA) is 30.5 Å². The molecule has 0 spiro atoms. The van der Waals surface area contributed by atoms with Crippen molar-refractivity contribution in [2.75, 3.05) is 12.4 Å². The van der Waals surface area contributed by atoms with Crippen molar-refractivity contribution in [1.82, 2.24) is 0 Å². The highest BCUT2D eigenvalue weighted by Gasteiger charge is 2.03. The van der Waals surface area contributed by atoms with Gasteiger partial charge in [0, 0.05) is 12.2 Å². The number of hydrogen-bond acceptors (Lipinski definition) is 3. The van der Waals surface area contributed by atoms with Gasteiger partial charge in [0.1, 0.15) is 5.75 Å². The summed E-state index contributed by atoms with van der Waals surface area (Å²) in [6.07, 6.45) is 0.158. The van der Waals surface area contributed by atoms with Crippen LogP contribution in [0.1, 0.15) is 19.4 Å². The minimum atomic E-state index is -0.350. The van der Waals surface area contributed by atoms with Crippen LogP contribution in [0.3, 0.4) is 0 Å². The second kappa shape index (κ2) is 6.97. The molecule has 0 unspecified atom stereocenters. The average molecular weight is 289 g/mol. The largest absolute Gasteiger partial charge is 0.494 e. The minimum Gasteiger partial charge on any atom is -0.494 e. The number of methoxy groups -OCH3 is 1. The molecule has 21 heavy (non-hydrogen) atoms. The molecule has 3 nitrogen and oxygen atoms in total. The fraction of sp³-hybridized carbons (Fsp3) is 0.294. The lowest BCUT2D eigenvalue weighted by atomic mass is 10.2. The summed E-state index contributed by atoms with van der Waals surface area (Å²) < 4.78 is 24.1. The van der Waals surface area contributed by atoms with E-state index in [0.717, 1.165) is 17.0 Å². The maximum atomic E-state index is 13.6. The van der Waals surface area contributed by atoms with Crippen molar-refractivity contribution in [3.8, 4) is 11.5 Å². The van der Waals surface area contributed by atoms with Gasteiger partial charge in [0.05, 0.1) is 13.2 Å². The molecule has 0 atom stereocenters. The van der Waals surface area contributed by atoms with E-state index in [-0.39, 0.29) is 17.7 Å². The molecule has 0 aliphatic rings. The van der Waals surface area contributed by atoms with Gasteiger partial charge >= 0.3 is 0 Å². The van der Waals surface area contributed by atoms with Crippen LogP contribution in [0.15, 0.2) is 42.5 Å². The fourth-order valence-corrected chi connectivity index (χ4v) is 1.95. The quantitative estimate of drug-likeness (QED) is 0.863. The SMILES string of the molecule is COc1ccc(CNc2ccc(OC(C)C)cc2)cc1F. The van der Waals surface area contributed by atoms with Crippen molar-refractivity contribution in [2.24, 2.45) is 0 Å². The molecule has 2 aromatic carbocycles. The molecular weight excluding hydrogens is 269 g/mol. The van der Waals surface area contributed by atoms with Crippen LogP contribution in [0.4, 0.5) is 10.1 Å². The molecular formula is C17H20FNO2. The number of benzene rings is 2. The number of ether oxygens (including phenoxy) is 2. The van der Waals surface area contributed by atoms with Gasteiger partial charge in [-0.05, 0) is 55.8 Å². The zero-order valence-electron chi connectivity index (χ0n) is 12.5. The molecule has 1 N–H and O–H groups in total. The molecule has 0 amide bonds. The molecule has 0 aliphatic heterocycles. The second-order valence-corrected chi connectivity index (χ2v) is 5.01. The summed E-state index contributed by atoms with van der Waals surface area (Å²) in [5.41, 5.74) is 1.82. The molecule has 0 fully saturated rings. The lowest BCUT2D eigenvalue weighted by molar-refractivity contribution is 0.242. The Hall–Kier alpha value is -2.23. The molecule has 0 aliphatic carbocycles. The van der Waals surface area contributed by atoms with Crippen molar-refractivity contribution in [3.05, 3.63) is 53.8 Å². The maximum Gasteiger partial charge on any atom is 0.165 e. The van der Waals surface area contributed by atoms with E-state index in [1.54, 1.807) is 6.07 Å². The highest BCUT2D eigenvalue weighted by Crippen LogP contribution is 2.20. The van der Waals surface area contributed by atoms with Crippen LogP contribution < -0.4 is 14.8 Å². The average Bonchev–Trinajstić information content (AvgIpc) is 2.46. The second-order valence-electron chi connectivity index (χ2n) is 5.01. The van der Waals surface area contributed by atoms with Crippen LogP contribution in [0.5, 0.6) is 11.5 Å². The first-order chi connectivity index (χ1) is 10.1. The number of nitrogens with one attached hydrogen (secondary N) is 1. The Labute approximate surface area is 124 Å². The predicted molar refractivity (Wildman–Crippen MR) is 82.5 cm³/mol. The van der Waals surface area contributed by atoms with Gasteiger partial charge in [0.25, 0.3) is 0 Å². The summed E-state index contributed by atoms with van der Waals surface area (Å²) in [7, 11) is 1.46. The first-order valence-corrected chi connectivity index (χ1v) is 6.91. The van der Waals surface area contributed by atoms with Crippen LogP contribution in [0.25, 0.3) is 0 Å². The zero-order valence-corrected chi connectivity index (χ0v) is 12.5. The van der Waals surface area contributed by atoms with Gasteiger partial charge in [-0.25, -0.2) is 4.39 Å². The van der Waals surface area contributed by atoms with Crippen molar-refractivity contribution < 1.29 is 13.9 Å². The lowest BCUT2D eigenvalue weighted by Crippen LogP contribution is -2.05. The Balaban J connectivity index is 1.95. The number of hydrogen-bond donors (Lipinski definition) is 1. The first-order valence-electron chi connectivity index (χ1n) is 6.91. The van der Waals surface area contributed by atoms with Gasteiger partial charge in [0.2, 0.25) is 0 Å². The van der Waals surface area contributed by atoms with Gasteiger partial charge < -0.3 is 14.8 Å². The van der Waals surface area contributed by atoms with E-state index < -0.39 is 0 Å². The third kappa shape index (κ3) is 4.38. The molecule has 4 heteroatoms. The summed E-state index contributed by atoms with van der Waals surface area (Å²) in [6.45, 7) is 4.53. The molecule has 112 valence electrons. The number of anilines is 1. The van der Waals surface area contributed by atoms with Gasteiger partial charge in [-0.2, -0.15) is 0 Å². The predicted octanol–water partition coefficient (Wildman–Crippen LogP) is 4.23. The van der Waals surface area contributed by atoms with Crippen LogP contribution in [0, 0.1) is 5.82 Å². The third-order valence-electron chi connectivity index (χ3n) is 2.94. The summed E-state index contributed by atoms with van der Waals surface area (Å²) in [5, 5.41) is 3.24. The van der Waals surface area contributed by atoms with E-state index >= 15 is 0 Å². The molecule has 2 aromatic rings. The summed E-state index contributed by atoms with van der Waals surface area (Å²) in [5.74, 6) is 0.748. The van der Waals surface area contributed by atoms with Crippen LogP contribution in [-0.2, 0) is 6.54 Å². The smallest absolute Gasteiger partial charge is 0.165 e. The highest BCUT2D eigenvalue weighted by molar-refractivity contribution is 5.47. The molecule has 0 bridgehead atoms. The van der Waals surface area contributed by atoms with E-state index in [1.807, 2.05) is 44.2 Å². The van der Waals surface area contributed by atoms with E-state index in [9.17, 15) is 4.39 Å². The van der Waals surface area contributed by atoms with E-state index in [2.05, 4.69) is 5.32 Å². The summed E-state index contributed by atoms with van der Waals surface area (Å²) >= 11 is 0. The Morgan fingerprint density at radius 1 is 1.10 bits per heavy atom. The Morgan fingerprint density at radius 3 is 2.38 bits per heavy atom. The van der Waals surface area contributed by atoms with Crippen LogP contribution in [0.2, 0.25) is 0 Å².